The fourth-order valence-electron chi connectivity index (χ4n) is 1.71. The second-order valence-electron chi connectivity index (χ2n) is 3.73. The number of carbonyl (C=O) groups excluding carboxylic acids is 1. The Morgan fingerprint density at radius 2 is 2.18 bits per heavy atom. The van der Waals surface area contributed by atoms with Gasteiger partial charge in [-0.05, 0) is 43.7 Å². The van der Waals surface area contributed by atoms with Crippen molar-refractivity contribution in [2.24, 2.45) is 0 Å². The number of hydrogen-bond acceptors (Lipinski definition) is 3. The topological polar surface area (TPSA) is 39.4 Å². The highest BCUT2D eigenvalue weighted by molar-refractivity contribution is 5.90. The molecule has 0 N–H and O–H groups in total. The number of esters is 1. The van der Waals surface area contributed by atoms with Gasteiger partial charge in [0.25, 0.3) is 0 Å². The first-order valence-corrected chi connectivity index (χ1v) is 5.54. The Labute approximate surface area is 100 Å². The molecule has 88 valence electrons. The maximum Gasteiger partial charge on any atom is 0.338 e. The van der Waals surface area contributed by atoms with Crippen LogP contribution in [-0.4, -0.2) is 12.6 Å². The molecule has 1 heterocycles. The second-order valence-corrected chi connectivity index (χ2v) is 3.73. The summed E-state index contributed by atoms with van der Waals surface area (Å²) in [6.45, 7) is 4.13. The average molecular weight is 230 g/mol. The third-order valence-corrected chi connectivity index (χ3v) is 2.52. The van der Waals surface area contributed by atoms with Crippen LogP contribution in [0, 0.1) is 6.92 Å². The number of benzene rings is 1. The molecule has 2 aromatic rings. The Bertz CT molecular complexity index is 512. The molecular weight excluding hydrogens is 216 g/mol. The zero-order valence-electron chi connectivity index (χ0n) is 9.90. The number of ether oxygens (including phenoxy) is 1. The van der Waals surface area contributed by atoms with E-state index in [0.29, 0.717) is 12.2 Å². The monoisotopic (exact) mass is 230 g/mol. The number of aryl methyl sites for hydroxylation is 1. The van der Waals surface area contributed by atoms with Crippen molar-refractivity contribution in [1.82, 2.24) is 0 Å². The van der Waals surface area contributed by atoms with Crippen molar-refractivity contribution < 1.29 is 13.9 Å². The lowest BCUT2D eigenvalue weighted by Gasteiger charge is -2.06. The van der Waals surface area contributed by atoms with Crippen LogP contribution in [0.4, 0.5) is 0 Å². The van der Waals surface area contributed by atoms with Gasteiger partial charge in [-0.15, -0.1) is 0 Å². The zero-order chi connectivity index (χ0) is 12.3. The van der Waals surface area contributed by atoms with Gasteiger partial charge in [0.1, 0.15) is 5.76 Å². The Hall–Kier alpha value is -2.03. The van der Waals surface area contributed by atoms with E-state index < -0.39 is 0 Å². The van der Waals surface area contributed by atoms with Gasteiger partial charge in [0.15, 0.2) is 0 Å². The third kappa shape index (κ3) is 2.38. The molecule has 0 fully saturated rings. The Kier molecular flexibility index (Phi) is 3.28. The lowest BCUT2D eigenvalue weighted by atomic mass is 10.0. The molecule has 1 aromatic carbocycles. The molecule has 0 spiro atoms. The van der Waals surface area contributed by atoms with Crippen LogP contribution < -0.4 is 0 Å². The fourth-order valence-corrected chi connectivity index (χ4v) is 1.71. The van der Waals surface area contributed by atoms with E-state index in [-0.39, 0.29) is 5.97 Å². The van der Waals surface area contributed by atoms with Gasteiger partial charge in [0.2, 0.25) is 0 Å². The van der Waals surface area contributed by atoms with Gasteiger partial charge < -0.3 is 9.15 Å². The molecule has 0 saturated heterocycles. The molecular formula is C14H14O3. The summed E-state index contributed by atoms with van der Waals surface area (Å²) in [5.41, 5.74) is 2.55. The molecule has 3 heteroatoms. The van der Waals surface area contributed by atoms with Crippen LogP contribution in [0.3, 0.4) is 0 Å². The molecule has 0 unspecified atom stereocenters. The summed E-state index contributed by atoms with van der Waals surface area (Å²) in [6.07, 6.45) is 1.63. The highest BCUT2D eigenvalue weighted by Gasteiger charge is 2.10. The number of rotatable bonds is 3. The Balaban J connectivity index is 2.32. The minimum atomic E-state index is -0.290. The zero-order valence-corrected chi connectivity index (χ0v) is 9.90. The quantitative estimate of drug-likeness (QED) is 0.758. The van der Waals surface area contributed by atoms with E-state index in [0.717, 1.165) is 16.9 Å². The molecule has 0 atom stereocenters. The molecule has 17 heavy (non-hydrogen) atoms. The number of hydrogen-bond donors (Lipinski definition) is 0. The van der Waals surface area contributed by atoms with Gasteiger partial charge in [-0.2, -0.15) is 0 Å². The van der Waals surface area contributed by atoms with Crippen molar-refractivity contribution in [2.75, 3.05) is 6.61 Å². The van der Waals surface area contributed by atoms with Gasteiger partial charge in [-0.3, -0.25) is 0 Å². The predicted octanol–water partition coefficient (Wildman–Crippen LogP) is 3.43. The van der Waals surface area contributed by atoms with Crippen molar-refractivity contribution >= 4 is 5.97 Å². The molecule has 0 aliphatic heterocycles. The first kappa shape index (κ1) is 11.5. The molecule has 0 aliphatic rings. The lowest BCUT2D eigenvalue weighted by Crippen LogP contribution is -2.04. The summed E-state index contributed by atoms with van der Waals surface area (Å²) in [5.74, 6) is 0.513. The van der Waals surface area contributed by atoms with E-state index in [4.69, 9.17) is 9.15 Å². The molecule has 0 radical (unpaired) electrons. The summed E-state index contributed by atoms with van der Waals surface area (Å²) in [5, 5.41) is 0. The maximum absolute atomic E-state index is 11.5. The minimum Gasteiger partial charge on any atom is -0.464 e. The van der Waals surface area contributed by atoms with Crippen LogP contribution in [0.1, 0.15) is 22.8 Å². The summed E-state index contributed by atoms with van der Waals surface area (Å²) in [7, 11) is 0. The average Bonchev–Trinajstić information content (AvgIpc) is 2.82. The van der Waals surface area contributed by atoms with E-state index in [1.54, 1.807) is 19.3 Å². The van der Waals surface area contributed by atoms with Crippen molar-refractivity contribution in [3.05, 3.63) is 47.7 Å². The lowest BCUT2D eigenvalue weighted by molar-refractivity contribution is 0.0526. The summed E-state index contributed by atoms with van der Waals surface area (Å²) >= 11 is 0. The molecule has 0 bridgehead atoms. The second kappa shape index (κ2) is 4.87. The predicted molar refractivity (Wildman–Crippen MR) is 64.8 cm³/mol. The van der Waals surface area contributed by atoms with Gasteiger partial charge in [-0.25, -0.2) is 4.79 Å². The fraction of sp³-hybridized carbons (Fsp3) is 0.214. The third-order valence-electron chi connectivity index (χ3n) is 2.52. The van der Waals surface area contributed by atoms with Crippen LogP contribution in [0.5, 0.6) is 0 Å². The SMILES string of the molecule is CCOC(=O)c1ccc(-c2ccco2)c(C)c1. The smallest absolute Gasteiger partial charge is 0.338 e. The summed E-state index contributed by atoms with van der Waals surface area (Å²) in [6, 6.07) is 9.18. The van der Waals surface area contributed by atoms with Crippen LogP contribution in [0.2, 0.25) is 0 Å². The van der Waals surface area contributed by atoms with Gasteiger partial charge in [-0.1, -0.05) is 6.07 Å². The maximum atomic E-state index is 11.5. The van der Waals surface area contributed by atoms with E-state index in [9.17, 15) is 4.79 Å². The van der Waals surface area contributed by atoms with Crippen molar-refractivity contribution in [2.45, 2.75) is 13.8 Å². The van der Waals surface area contributed by atoms with Crippen LogP contribution in [0.15, 0.2) is 41.0 Å². The van der Waals surface area contributed by atoms with Gasteiger partial charge >= 0.3 is 5.97 Å². The highest BCUT2D eigenvalue weighted by Crippen LogP contribution is 2.24. The van der Waals surface area contributed by atoms with E-state index in [1.165, 1.54) is 0 Å². The van der Waals surface area contributed by atoms with Crippen LogP contribution in [-0.2, 0) is 4.74 Å². The normalized spacial score (nSPS) is 10.2. The molecule has 2 rings (SSSR count). The molecule has 3 nitrogen and oxygen atoms in total. The number of furan rings is 1. The first-order valence-electron chi connectivity index (χ1n) is 5.54. The highest BCUT2D eigenvalue weighted by atomic mass is 16.5. The van der Waals surface area contributed by atoms with E-state index >= 15 is 0 Å². The molecule has 0 aliphatic carbocycles. The molecule has 1 aromatic heterocycles. The number of carbonyl (C=O) groups is 1. The molecule has 0 saturated carbocycles. The van der Waals surface area contributed by atoms with Gasteiger partial charge in [0.05, 0.1) is 18.4 Å². The summed E-state index contributed by atoms with van der Waals surface area (Å²) in [4.78, 5) is 11.5. The van der Waals surface area contributed by atoms with Crippen molar-refractivity contribution in [3.63, 3.8) is 0 Å². The van der Waals surface area contributed by atoms with Crippen LogP contribution >= 0.6 is 0 Å². The van der Waals surface area contributed by atoms with Crippen molar-refractivity contribution in [1.29, 1.82) is 0 Å². The largest absolute Gasteiger partial charge is 0.464 e. The first-order chi connectivity index (χ1) is 8.22. The van der Waals surface area contributed by atoms with E-state index in [2.05, 4.69) is 0 Å². The van der Waals surface area contributed by atoms with Gasteiger partial charge in [0, 0.05) is 5.56 Å². The standard InChI is InChI=1S/C14H14O3/c1-3-16-14(15)11-6-7-12(10(2)9-11)13-5-4-8-17-13/h4-9H,3H2,1-2H3. The van der Waals surface area contributed by atoms with Crippen LogP contribution in [0.25, 0.3) is 11.3 Å². The van der Waals surface area contributed by atoms with E-state index in [1.807, 2.05) is 31.2 Å². The Morgan fingerprint density at radius 1 is 1.35 bits per heavy atom. The minimum absolute atomic E-state index is 0.290. The summed E-state index contributed by atoms with van der Waals surface area (Å²) < 4.78 is 10.3. The van der Waals surface area contributed by atoms with Crippen molar-refractivity contribution in [3.8, 4) is 11.3 Å². The molecule has 0 amide bonds. The Morgan fingerprint density at radius 3 is 2.76 bits per heavy atom.